The van der Waals surface area contributed by atoms with Crippen molar-refractivity contribution in [1.29, 1.82) is 5.26 Å². The molecule has 1 unspecified atom stereocenters. The number of nitrogens with zero attached hydrogens (tertiary/aromatic N) is 2. The van der Waals surface area contributed by atoms with Crippen LogP contribution in [-0.4, -0.2) is 17.4 Å². The number of benzene rings is 2. The maximum absolute atomic E-state index is 12.5. The van der Waals surface area contributed by atoms with Gasteiger partial charge in [-0.2, -0.15) is 5.26 Å². The number of carbonyl (C=O) groups is 1. The van der Waals surface area contributed by atoms with Crippen molar-refractivity contribution in [3.63, 3.8) is 0 Å². The minimum absolute atomic E-state index is 0.151. The van der Waals surface area contributed by atoms with Crippen LogP contribution in [0.2, 0.25) is 0 Å². The van der Waals surface area contributed by atoms with Crippen molar-refractivity contribution < 1.29 is 9.53 Å². The van der Waals surface area contributed by atoms with Crippen LogP contribution in [0.4, 0.5) is 0 Å². The van der Waals surface area contributed by atoms with Crippen LogP contribution < -0.4 is 4.74 Å². The molecule has 0 saturated heterocycles. The van der Waals surface area contributed by atoms with E-state index in [1.807, 2.05) is 68.6 Å². The zero-order valence-electron chi connectivity index (χ0n) is 15.5. The predicted octanol–water partition coefficient (Wildman–Crippen LogP) is 4.99. The van der Waals surface area contributed by atoms with Gasteiger partial charge in [0.1, 0.15) is 17.4 Å². The Bertz CT molecular complexity index is 1000. The highest BCUT2D eigenvalue weighted by atomic mass is 32.1. The molecule has 4 nitrogen and oxygen atoms in total. The number of carbonyl (C=O) groups excluding carboxylic acids is 1. The number of hydrogen-bond acceptors (Lipinski definition) is 5. The molecule has 3 aromatic rings. The first-order chi connectivity index (χ1) is 13.0. The van der Waals surface area contributed by atoms with E-state index in [9.17, 15) is 10.1 Å². The van der Waals surface area contributed by atoms with E-state index in [0.29, 0.717) is 10.8 Å². The molecule has 0 fully saturated rings. The summed E-state index contributed by atoms with van der Waals surface area (Å²) >= 11 is 1.33. The molecule has 0 bridgehead atoms. The lowest BCUT2D eigenvalue weighted by molar-refractivity contribution is -0.121. The lowest BCUT2D eigenvalue weighted by atomic mass is 10.1. The lowest BCUT2D eigenvalue weighted by Crippen LogP contribution is -2.19. The summed E-state index contributed by atoms with van der Waals surface area (Å²) in [5.74, 6) is -0.549. The fourth-order valence-corrected chi connectivity index (χ4v) is 3.63. The minimum Gasteiger partial charge on any atom is -0.485 e. The summed E-state index contributed by atoms with van der Waals surface area (Å²) in [6, 6.07) is 15.8. The zero-order chi connectivity index (χ0) is 19.4. The molecule has 1 atom stereocenters. The second-order valence-corrected chi connectivity index (χ2v) is 7.41. The Hall–Kier alpha value is -2.97. The summed E-state index contributed by atoms with van der Waals surface area (Å²) in [6.45, 7) is 5.81. The molecule has 0 amide bonds. The number of Topliss-reactive ketones (excluding diaryl/α,β-unsaturated/α-hetero) is 1. The number of aryl methyl sites for hydroxylation is 3. The standard InChI is InChI=1S/C22H20N2O2S/c1-14-4-7-17(8-5-14)19-13-27-22(24-19)18(11-23)20(25)12-26-21-9-6-15(2)10-16(21)3/h4-10,13,18H,12H2,1-3H3. The number of aromatic nitrogens is 1. The summed E-state index contributed by atoms with van der Waals surface area (Å²) in [4.78, 5) is 17.0. The molecule has 0 radical (unpaired) electrons. The summed E-state index contributed by atoms with van der Waals surface area (Å²) in [5.41, 5.74) is 5.01. The predicted molar refractivity (Wildman–Crippen MR) is 107 cm³/mol. The van der Waals surface area contributed by atoms with Gasteiger partial charge in [-0.25, -0.2) is 4.98 Å². The van der Waals surface area contributed by atoms with Crippen molar-refractivity contribution in [1.82, 2.24) is 4.98 Å². The number of thiazole rings is 1. The third-order valence-corrected chi connectivity index (χ3v) is 5.18. The molecule has 1 heterocycles. The van der Waals surface area contributed by atoms with E-state index in [4.69, 9.17) is 4.74 Å². The van der Waals surface area contributed by atoms with Crippen molar-refractivity contribution in [2.24, 2.45) is 0 Å². The Labute approximate surface area is 163 Å². The third kappa shape index (κ3) is 4.42. The fourth-order valence-electron chi connectivity index (χ4n) is 2.74. The number of ether oxygens (including phenoxy) is 1. The van der Waals surface area contributed by atoms with E-state index < -0.39 is 5.92 Å². The van der Waals surface area contributed by atoms with E-state index in [1.165, 1.54) is 16.9 Å². The van der Waals surface area contributed by atoms with Gasteiger partial charge >= 0.3 is 0 Å². The first kappa shape index (κ1) is 18.8. The Morgan fingerprint density at radius 3 is 2.52 bits per heavy atom. The maximum atomic E-state index is 12.5. The molecule has 5 heteroatoms. The average molecular weight is 376 g/mol. The van der Waals surface area contributed by atoms with E-state index in [-0.39, 0.29) is 12.4 Å². The second-order valence-electron chi connectivity index (χ2n) is 6.52. The van der Waals surface area contributed by atoms with Crippen LogP contribution in [0.1, 0.15) is 27.6 Å². The smallest absolute Gasteiger partial charge is 0.194 e. The van der Waals surface area contributed by atoms with Crippen LogP contribution in [0.15, 0.2) is 47.8 Å². The molecule has 0 aliphatic heterocycles. The van der Waals surface area contributed by atoms with Crippen molar-refractivity contribution in [3.8, 4) is 23.1 Å². The molecule has 0 N–H and O–H groups in total. The Balaban J connectivity index is 1.72. The van der Waals surface area contributed by atoms with Crippen molar-refractivity contribution in [3.05, 3.63) is 69.5 Å². The summed E-state index contributed by atoms with van der Waals surface area (Å²) < 4.78 is 5.64. The summed E-state index contributed by atoms with van der Waals surface area (Å²) in [6.07, 6.45) is 0. The van der Waals surface area contributed by atoms with E-state index in [1.54, 1.807) is 0 Å². The zero-order valence-corrected chi connectivity index (χ0v) is 16.3. The van der Waals surface area contributed by atoms with E-state index >= 15 is 0 Å². The Morgan fingerprint density at radius 1 is 1.15 bits per heavy atom. The molecule has 3 rings (SSSR count). The van der Waals surface area contributed by atoms with E-state index in [2.05, 4.69) is 11.1 Å². The quantitative estimate of drug-likeness (QED) is 0.608. The van der Waals surface area contributed by atoms with Gasteiger partial charge in [0.2, 0.25) is 0 Å². The van der Waals surface area contributed by atoms with Gasteiger partial charge in [-0.15, -0.1) is 11.3 Å². The van der Waals surface area contributed by atoms with Gasteiger partial charge in [0.25, 0.3) is 0 Å². The normalized spacial score (nSPS) is 11.6. The van der Waals surface area contributed by atoms with Crippen molar-refractivity contribution in [2.45, 2.75) is 26.7 Å². The number of ketones is 1. The number of rotatable bonds is 6. The molecular weight excluding hydrogens is 356 g/mol. The van der Waals surface area contributed by atoms with Crippen LogP contribution in [0.25, 0.3) is 11.3 Å². The largest absolute Gasteiger partial charge is 0.485 e. The Kier molecular flexibility index (Phi) is 5.68. The van der Waals surface area contributed by atoms with Crippen LogP contribution in [0, 0.1) is 32.1 Å². The Morgan fingerprint density at radius 2 is 1.85 bits per heavy atom. The molecule has 0 spiro atoms. The highest BCUT2D eigenvalue weighted by Crippen LogP contribution is 2.27. The van der Waals surface area contributed by atoms with Gasteiger partial charge < -0.3 is 4.74 Å². The monoisotopic (exact) mass is 376 g/mol. The molecule has 0 aliphatic rings. The topological polar surface area (TPSA) is 63.0 Å². The van der Waals surface area contributed by atoms with Crippen LogP contribution in [-0.2, 0) is 4.79 Å². The van der Waals surface area contributed by atoms with Gasteiger partial charge in [-0.3, -0.25) is 4.79 Å². The molecule has 1 aromatic heterocycles. The number of hydrogen-bond donors (Lipinski definition) is 0. The number of nitriles is 1. The molecule has 27 heavy (non-hydrogen) atoms. The van der Waals surface area contributed by atoms with Crippen LogP contribution >= 0.6 is 11.3 Å². The van der Waals surface area contributed by atoms with Gasteiger partial charge in [0, 0.05) is 10.9 Å². The highest BCUT2D eigenvalue weighted by molar-refractivity contribution is 7.10. The minimum atomic E-state index is -0.917. The molecule has 0 saturated carbocycles. The summed E-state index contributed by atoms with van der Waals surface area (Å²) in [7, 11) is 0. The van der Waals surface area contributed by atoms with Gasteiger partial charge in [-0.1, -0.05) is 47.5 Å². The molecule has 2 aromatic carbocycles. The molecular formula is C22H20N2O2S. The van der Waals surface area contributed by atoms with E-state index in [0.717, 1.165) is 22.4 Å². The molecule has 136 valence electrons. The SMILES string of the molecule is Cc1ccc(-c2csc(C(C#N)C(=O)COc3ccc(C)cc3C)n2)cc1. The molecule has 0 aliphatic carbocycles. The third-order valence-electron chi connectivity index (χ3n) is 4.27. The van der Waals surface area contributed by atoms with Crippen molar-refractivity contribution in [2.75, 3.05) is 6.61 Å². The fraction of sp³-hybridized carbons (Fsp3) is 0.227. The first-order valence-electron chi connectivity index (χ1n) is 8.63. The highest BCUT2D eigenvalue weighted by Gasteiger charge is 2.24. The van der Waals surface area contributed by atoms with Gasteiger partial charge in [-0.05, 0) is 32.4 Å². The van der Waals surface area contributed by atoms with Crippen LogP contribution in [0.3, 0.4) is 0 Å². The summed E-state index contributed by atoms with van der Waals surface area (Å²) in [5, 5.41) is 11.9. The average Bonchev–Trinajstić information content (AvgIpc) is 3.12. The van der Waals surface area contributed by atoms with Gasteiger partial charge in [0.15, 0.2) is 11.7 Å². The van der Waals surface area contributed by atoms with Crippen LogP contribution in [0.5, 0.6) is 5.75 Å². The van der Waals surface area contributed by atoms with Crippen molar-refractivity contribution >= 4 is 17.1 Å². The first-order valence-corrected chi connectivity index (χ1v) is 9.50. The lowest BCUT2D eigenvalue weighted by Gasteiger charge is -2.10. The second kappa shape index (κ2) is 8.15. The maximum Gasteiger partial charge on any atom is 0.194 e. The van der Waals surface area contributed by atoms with Gasteiger partial charge in [0.05, 0.1) is 11.8 Å².